The summed E-state index contributed by atoms with van der Waals surface area (Å²) in [5.41, 5.74) is 0. The van der Waals surface area contributed by atoms with Crippen LogP contribution in [0.5, 0.6) is 0 Å². The van der Waals surface area contributed by atoms with E-state index in [2.05, 4.69) is 10.0 Å². The van der Waals surface area contributed by atoms with E-state index in [1.54, 1.807) is 18.5 Å². The third-order valence-electron chi connectivity index (χ3n) is 3.22. The van der Waals surface area contributed by atoms with E-state index in [9.17, 15) is 16.8 Å². The number of hydrogen-bond donors (Lipinski definition) is 2. The van der Waals surface area contributed by atoms with Gasteiger partial charge in [-0.2, -0.15) is 0 Å². The zero-order valence-electron chi connectivity index (χ0n) is 11.1. The SMILES string of the molecule is CNCc1sccc1S(=O)(=O)NCC1CCS(=O)(=O)C1. The van der Waals surface area contributed by atoms with Crippen LogP contribution >= 0.6 is 11.3 Å². The molecule has 0 aliphatic carbocycles. The predicted molar refractivity (Wildman–Crippen MR) is 79.0 cm³/mol. The van der Waals surface area contributed by atoms with Crippen LogP contribution in [0.2, 0.25) is 0 Å². The number of thiophene rings is 1. The van der Waals surface area contributed by atoms with Crippen molar-refractivity contribution in [3.8, 4) is 0 Å². The Morgan fingerprint density at radius 3 is 2.80 bits per heavy atom. The molecule has 1 atom stereocenters. The van der Waals surface area contributed by atoms with Gasteiger partial charge in [0.05, 0.1) is 16.4 Å². The summed E-state index contributed by atoms with van der Waals surface area (Å²) in [4.78, 5) is 1.02. The van der Waals surface area contributed by atoms with Gasteiger partial charge in [-0.05, 0) is 30.8 Å². The minimum atomic E-state index is -3.57. The fraction of sp³-hybridized carbons (Fsp3) is 0.636. The highest BCUT2D eigenvalue weighted by molar-refractivity contribution is 7.91. The van der Waals surface area contributed by atoms with Crippen molar-refractivity contribution in [2.24, 2.45) is 5.92 Å². The van der Waals surface area contributed by atoms with Gasteiger partial charge in [-0.3, -0.25) is 0 Å². The molecule has 0 saturated carbocycles. The van der Waals surface area contributed by atoms with E-state index in [1.165, 1.54) is 11.3 Å². The Morgan fingerprint density at radius 1 is 1.45 bits per heavy atom. The molecule has 0 amide bonds. The monoisotopic (exact) mass is 338 g/mol. The summed E-state index contributed by atoms with van der Waals surface area (Å²) >= 11 is 1.38. The molecule has 2 rings (SSSR count). The maximum Gasteiger partial charge on any atom is 0.241 e. The van der Waals surface area contributed by atoms with E-state index in [4.69, 9.17) is 0 Å². The van der Waals surface area contributed by atoms with Crippen molar-refractivity contribution in [1.29, 1.82) is 0 Å². The van der Waals surface area contributed by atoms with Crippen molar-refractivity contribution >= 4 is 31.2 Å². The van der Waals surface area contributed by atoms with Gasteiger partial charge in [0.1, 0.15) is 0 Å². The lowest BCUT2D eigenvalue weighted by Gasteiger charge is -2.11. The number of rotatable bonds is 6. The lowest BCUT2D eigenvalue weighted by atomic mass is 10.1. The van der Waals surface area contributed by atoms with Crippen LogP contribution in [0.15, 0.2) is 16.3 Å². The Bertz CT molecular complexity index is 664. The first-order valence-corrected chi connectivity index (χ1v) is 10.4. The van der Waals surface area contributed by atoms with Gasteiger partial charge in [-0.25, -0.2) is 21.6 Å². The van der Waals surface area contributed by atoms with E-state index in [0.717, 1.165) is 4.88 Å². The van der Waals surface area contributed by atoms with Gasteiger partial charge < -0.3 is 5.32 Å². The van der Waals surface area contributed by atoms with Crippen LogP contribution in [0.25, 0.3) is 0 Å². The van der Waals surface area contributed by atoms with Gasteiger partial charge in [0.2, 0.25) is 10.0 Å². The summed E-state index contributed by atoms with van der Waals surface area (Å²) in [6.07, 6.45) is 0.526. The summed E-state index contributed by atoms with van der Waals surface area (Å²) in [6.45, 7) is 0.669. The Morgan fingerprint density at radius 2 is 2.20 bits per heavy atom. The van der Waals surface area contributed by atoms with Crippen LogP contribution in [0.3, 0.4) is 0 Å². The molecule has 0 spiro atoms. The van der Waals surface area contributed by atoms with Gasteiger partial charge in [0.15, 0.2) is 9.84 Å². The molecule has 0 bridgehead atoms. The normalized spacial score (nSPS) is 22.1. The number of hydrogen-bond acceptors (Lipinski definition) is 6. The summed E-state index contributed by atoms with van der Waals surface area (Å²) < 4.78 is 49.7. The summed E-state index contributed by atoms with van der Waals surface area (Å²) in [7, 11) is -4.79. The maximum atomic E-state index is 12.2. The van der Waals surface area contributed by atoms with Crippen LogP contribution in [0.1, 0.15) is 11.3 Å². The van der Waals surface area contributed by atoms with E-state index in [-0.39, 0.29) is 28.9 Å². The molecule has 0 radical (unpaired) electrons. The quantitative estimate of drug-likeness (QED) is 0.772. The van der Waals surface area contributed by atoms with Gasteiger partial charge >= 0.3 is 0 Å². The van der Waals surface area contributed by atoms with E-state index in [0.29, 0.717) is 13.0 Å². The molecule has 1 aromatic heterocycles. The summed E-state index contributed by atoms with van der Waals surface area (Å²) in [5.74, 6) is 0.104. The number of sulfone groups is 1. The van der Waals surface area contributed by atoms with Crippen LogP contribution in [0.4, 0.5) is 0 Å². The Hall–Kier alpha value is -0.480. The van der Waals surface area contributed by atoms with E-state index < -0.39 is 19.9 Å². The van der Waals surface area contributed by atoms with Gasteiger partial charge in [-0.15, -0.1) is 11.3 Å². The molecule has 1 unspecified atom stereocenters. The second kappa shape index (κ2) is 6.10. The van der Waals surface area contributed by atoms with Crippen molar-refractivity contribution in [1.82, 2.24) is 10.0 Å². The minimum Gasteiger partial charge on any atom is -0.315 e. The highest BCUT2D eigenvalue weighted by Crippen LogP contribution is 2.23. The van der Waals surface area contributed by atoms with E-state index in [1.807, 2.05) is 0 Å². The molecule has 6 nitrogen and oxygen atoms in total. The minimum absolute atomic E-state index is 0.0720. The van der Waals surface area contributed by atoms with Crippen molar-refractivity contribution in [2.75, 3.05) is 25.1 Å². The number of nitrogens with one attached hydrogen (secondary N) is 2. The Balaban J connectivity index is 2.03. The first-order chi connectivity index (χ1) is 9.34. The standard InChI is InChI=1S/C11H18N2O4S3/c1-12-7-10-11(2-4-18-10)20(16,17)13-6-9-3-5-19(14,15)8-9/h2,4,9,12-13H,3,5-8H2,1H3. The van der Waals surface area contributed by atoms with Gasteiger partial charge in [-0.1, -0.05) is 0 Å². The van der Waals surface area contributed by atoms with Crippen molar-refractivity contribution in [3.63, 3.8) is 0 Å². The fourth-order valence-electron chi connectivity index (χ4n) is 2.20. The summed E-state index contributed by atoms with van der Waals surface area (Å²) in [6, 6.07) is 1.57. The molecular formula is C11H18N2O4S3. The van der Waals surface area contributed by atoms with Gasteiger partial charge in [0.25, 0.3) is 0 Å². The third kappa shape index (κ3) is 3.79. The smallest absolute Gasteiger partial charge is 0.241 e. The Labute approximate surface area is 123 Å². The predicted octanol–water partition coefficient (Wildman–Crippen LogP) is 0.180. The molecule has 1 aliphatic rings. The molecular weight excluding hydrogens is 320 g/mol. The van der Waals surface area contributed by atoms with Crippen LogP contribution < -0.4 is 10.0 Å². The van der Waals surface area contributed by atoms with Crippen LogP contribution in [-0.2, 0) is 26.4 Å². The average Bonchev–Trinajstić information content (AvgIpc) is 2.94. The lowest BCUT2D eigenvalue weighted by Crippen LogP contribution is -2.30. The second-order valence-corrected chi connectivity index (χ2v) is 9.82. The molecule has 1 aromatic rings. The molecule has 1 fully saturated rings. The summed E-state index contributed by atoms with van der Waals surface area (Å²) in [5, 5.41) is 4.67. The first-order valence-electron chi connectivity index (χ1n) is 6.25. The molecule has 2 heterocycles. The van der Waals surface area contributed by atoms with Crippen molar-refractivity contribution in [3.05, 3.63) is 16.3 Å². The van der Waals surface area contributed by atoms with Crippen LogP contribution in [0, 0.1) is 5.92 Å². The highest BCUT2D eigenvalue weighted by atomic mass is 32.2. The zero-order valence-corrected chi connectivity index (χ0v) is 13.6. The lowest BCUT2D eigenvalue weighted by molar-refractivity contribution is 0.542. The average molecular weight is 338 g/mol. The van der Waals surface area contributed by atoms with Crippen molar-refractivity contribution in [2.45, 2.75) is 17.9 Å². The first kappa shape index (κ1) is 15.9. The Kier molecular flexibility index (Phi) is 4.85. The van der Waals surface area contributed by atoms with Gasteiger partial charge in [0, 0.05) is 18.0 Å². The zero-order chi connectivity index (χ0) is 14.8. The highest BCUT2D eigenvalue weighted by Gasteiger charge is 2.29. The second-order valence-electron chi connectivity index (χ2n) is 4.86. The molecule has 9 heteroatoms. The molecule has 114 valence electrons. The van der Waals surface area contributed by atoms with Crippen molar-refractivity contribution < 1.29 is 16.8 Å². The topological polar surface area (TPSA) is 92.3 Å². The molecule has 20 heavy (non-hydrogen) atoms. The molecule has 1 aliphatic heterocycles. The molecule has 1 saturated heterocycles. The largest absolute Gasteiger partial charge is 0.315 e. The fourth-order valence-corrected chi connectivity index (χ4v) is 6.63. The third-order valence-corrected chi connectivity index (χ3v) is 7.62. The van der Waals surface area contributed by atoms with Crippen LogP contribution in [-0.4, -0.2) is 41.9 Å². The molecule has 0 aromatic carbocycles. The molecule has 2 N–H and O–H groups in total. The number of sulfonamides is 1. The maximum absolute atomic E-state index is 12.2. The van der Waals surface area contributed by atoms with E-state index >= 15 is 0 Å².